The Morgan fingerprint density at radius 3 is 2.40 bits per heavy atom. The third-order valence-electron chi connectivity index (χ3n) is 13.6. The van der Waals surface area contributed by atoms with Crippen molar-refractivity contribution in [2.75, 3.05) is 26.4 Å². The molecule has 0 spiro atoms. The van der Waals surface area contributed by atoms with Gasteiger partial charge in [-0.1, -0.05) is 102 Å². The number of fused-ring (bicyclic) bond motifs is 1. The second kappa shape index (κ2) is 20.9. The molecule has 70 heavy (non-hydrogen) atoms. The number of rotatable bonds is 15. The van der Waals surface area contributed by atoms with E-state index in [1.54, 1.807) is 36.5 Å². The van der Waals surface area contributed by atoms with Crippen molar-refractivity contribution in [2.24, 2.45) is 16.2 Å². The maximum atomic E-state index is 14.1. The third kappa shape index (κ3) is 11.0. The van der Waals surface area contributed by atoms with E-state index in [0.717, 1.165) is 32.8 Å². The molecule has 4 aromatic rings. The van der Waals surface area contributed by atoms with Crippen LogP contribution in [0.2, 0.25) is 5.02 Å². The van der Waals surface area contributed by atoms with Crippen LogP contribution in [-0.2, 0) is 30.4 Å². The quantitative estimate of drug-likeness (QED) is 0.0786. The molecule has 1 unspecified atom stereocenters. The molecule has 1 aromatic heterocycles. The van der Waals surface area contributed by atoms with E-state index < -0.39 is 41.5 Å². The molecule has 14 nitrogen and oxygen atoms in total. The first kappa shape index (κ1) is 52.0. The average Bonchev–Trinajstić information content (AvgIpc) is 4.01. The highest BCUT2D eigenvalue weighted by atomic mass is 35.5. The van der Waals surface area contributed by atoms with Crippen molar-refractivity contribution in [1.29, 1.82) is 0 Å². The predicted molar refractivity (Wildman–Crippen MR) is 269 cm³/mol. The number of nitrogens with one attached hydrogen (secondary N) is 2. The zero-order chi connectivity index (χ0) is 50.9. The summed E-state index contributed by atoms with van der Waals surface area (Å²) in [5.41, 5.74) is 5.87. The second-order valence-corrected chi connectivity index (χ2v) is 22.2. The first-order valence-electron chi connectivity index (χ1n) is 23.6. The smallest absolute Gasteiger partial charge is 0.254 e. The Labute approximate surface area is 420 Å². The number of aryl methyl sites for hydroxylation is 1. The molecular weight excluding hydrogens is 928 g/mol. The summed E-state index contributed by atoms with van der Waals surface area (Å²) in [6.45, 7) is 27.1. The summed E-state index contributed by atoms with van der Waals surface area (Å²) in [7, 11) is 0. The molecule has 1 saturated carbocycles. The summed E-state index contributed by atoms with van der Waals surface area (Å²) in [6.07, 6.45) is -1.44. The van der Waals surface area contributed by atoms with Crippen LogP contribution in [-0.4, -0.2) is 106 Å². The summed E-state index contributed by atoms with van der Waals surface area (Å²) in [5.74, 6) is 5.39. The molecule has 0 bridgehead atoms. The number of likely N-dealkylation sites (tertiary alicyclic amines) is 1. The van der Waals surface area contributed by atoms with Crippen molar-refractivity contribution >= 4 is 52.3 Å². The molecule has 3 aliphatic rings. The van der Waals surface area contributed by atoms with Gasteiger partial charge < -0.3 is 39.8 Å². The molecule has 4 amide bonds. The molecule has 2 aliphatic heterocycles. The van der Waals surface area contributed by atoms with Crippen molar-refractivity contribution in [2.45, 2.75) is 125 Å². The molecule has 3 heterocycles. The van der Waals surface area contributed by atoms with Crippen LogP contribution >= 0.6 is 22.9 Å². The number of hydrogen-bond acceptors (Lipinski definition) is 10. The van der Waals surface area contributed by atoms with Crippen molar-refractivity contribution < 1.29 is 38.5 Å². The number of aliphatic hydroxyl groups excluding tert-OH is 1. The van der Waals surface area contributed by atoms with E-state index in [2.05, 4.69) is 60.0 Å². The largest absolute Gasteiger partial charge is 0.489 e. The number of aliphatic hydroxyl groups is 1. The number of carbonyl (C=O) groups is 4. The molecule has 7 rings (SSSR count). The number of benzene rings is 3. The predicted octanol–water partition coefficient (Wildman–Crippen LogP) is 8.30. The zero-order valence-corrected chi connectivity index (χ0v) is 43.1. The Morgan fingerprint density at radius 2 is 1.76 bits per heavy atom. The normalized spacial score (nSPS) is 21.3. The van der Waals surface area contributed by atoms with Gasteiger partial charge in [-0.15, -0.1) is 11.3 Å². The molecule has 370 valence electrons. The van der Waals surface area contributed by atoms with Gasteiger partial charge in [-0.2, -0.15) is 0 Å². The third-order valence-corrected chi connectivity index (χ3v) is 14.9. The number of thiazole rings is 1. The van der Waals surface area contributed by atoms with Crippen molar-refractivity contribution in [3.05, 3.63) is 111 Å². The minimum Gasteiger partial charge on any atom is -0.489 e. The van der Waals surface area contributed by atoms with Crippen LogP contribution in [0.3, 0.4) is 0 Å². The van der Waals surface area contributed by atoms with E-state index in [9.17, 15) is 24.3 Å². The molecule has 0 radical (unpaired) electrons. The molecular formula is C54H63ClN6O8S. The number of nitrogens with zero attached hydrogens (tertiary/aromatic N) is 4. The summed E-state index contributed by atoms with van der Waals surface area (Å²) in [4.78, 5) is 67.0. The monoisotopic (exact) mass is 990 g/mol. The number of amides is 4. The first-order valence-corrected chi connectivity index (χ1v) is 24.8. The van der Waals surface area contributed by atoms with Gasteiger partial charge in [-0.05, 0) is 73.2 Å². The average molecular weight is 992 g/mol. The van der Waals surface area contributed by atoms with Gasteiger partial charge in [0, 0.05) is 47.5 Å². The lowest BCUT2D eigenvalue weighted by Crippen LogP contribution is -2.74. The van der Waals surface area contributed by atoms with Gasteiger partial charge in [0.2, 0.25) is 23.4 Å². The number of ether oxygens (including phenoxy) is 3. The van der Waals surface area contributed by atoms with Crippen LogP contribution in [0.5, 0.6) is 5.75 Å². The fourth-order valence-electron chi connectivity index (χ4n) is 10.5. The molecule has 3 N–H and O–H groups in total. The second-order valence-electron chi connectivity index (χ2n) is 20.9. The Hall–Kier alpha value is -5.81. The minimum atomic E-state index is -1.00. The van der Waals surface area contributed by atoms with Gasteiger partial charge in [0.15, 0.2) is 0 Å². The van der Waals surface area contributed by atoms with E-state index in [0.29, 0.717) is 28.6 Å². The zero-order valence-electron chi connectivity index (χ0n) is 41.5. The van der Waals surface area contributed by atoms with Crippen molar-refractivity contribution in [1.82, 2.24) is 25.4 Å². The highest BCUT2D eigenvalue weighted by Gasteiger charge is 2.67. The first-order chi connectivity index (χ1) is 33.0. The topological polar surface area (TPSA) is 164 Å². The maximum Gasteiger partial charge on any atom is 0.254 e. The van der Waals surface area contributed by atoms with Gasteiger partial charge >= 0.3 is 0 Å². The summed E-state index contributed by atoms with van der Waals surface area (Å²) < 4.78 is 18.0. The van der Waals surface area contributed by atoms with Gasteiger partial charge in [-0.25, -0.2) is 9.83 Å². The number of β-amino-alcohol motifs (C(OH)–C–C–N with tert-alkyl or cyclic N) is 1. The highest BCUT2D eigenvalue weighted by Crippen LogP contribution is 2.59. The SMILES string of the molecule is [C-]#[N+]c1ccc(OC2C(C)(C)C(N3Cc4cc(C#CCOC(C)COCC(=O)N[C@H](C(=O)N5C[C@H](O)C[C@H]5C(=O)N[C@@H](C)c5ccc(-c6scnc6C)cc5)C(C)(C)C)ccc4C3=O)C2(C)C)cc1Cl. The maximum absolute atomic E-state index is 14.1. The van der Waals surface area contributed by atoms with Crippen LogP contribution in [0.4, 0.5) is 5.69 Å². The van der Waals surface area contributed by atoms with Crippen LogP contribution in [0.1, 0.15) is 108 Å². The molecule has 5 atom stereocenters. The molecule has 16 heteroatoms. The number of aromatic nitrogens is 1. The molecule has 3 aromatic carbocycles. The van der Waals surface area contributed by atoms with Crippen LogP contribution in [0.15, 0.2) is 66.2 Å². The Balaban J connectivity index is 0.864. The fourth-order valence-corrected chi connectivity index (χ4v) is 11.6. The van der Waals surface area contributed by atoms with Crippen LogP contribution in [0, 0.1) is 41.6 Å². The summed E-state index contributed by atoms with van der Waals surface area (Å²) in [5, 5.41) is 16.8. The lowest BCUT2D eigenvalue weighted by molar-refractivity contribution is -0.199. The Morgan fingerprint density at radius 1 is 1.04 bits per heavy atom. The van der Waals surface area contributed by atoms with Crippen molar-refractivity contribution in [3.63, 3.8) is 0 Å². The van der Waals surface area contributed by atoms with Crippen molar-refractivity contribution in [3.8, 4) is 28.0 Å². The number of halogens is 1. The standard InChI is InChI=1S/C54H63ClN6O8S/c1-31(68-22-12-13-34-14-20-40-37(23-34)26-61(48(40)65)50-53(7,8)51(54(50,9)10)69-39-19-21-42(56-11)41(55)25-39)28-67-29-44(63)59-46(52(4,5)6)49(66)60-27-38(62)24-43(60)47(64)58-32(2)35-15-17-36(18-16-35)45-33(3)57-30-70-45/h14-21,23,25,30-32,38,43,46,50-51,62H,22,24,26-29H2,1-10H3,(H,58,64)(H,59,63)/t31?,32-,38+,43-,46+,50?,51?/m0/s1. The lowest BCUT2D eigenvalue weighted by Gasteiger charge is -2.65. The van der Waals surface area contributed by atoms with E-state index in [1.165, 1.54) is 4.90 Å². The van der Waals surface area contributed by atoms with E-state index in [1.807, 2.05) is 87.5 Å². The van der Waals surface area contributed by atoms with Gasteiger partial charge in [0.1, 0.15) is 37.2 Å². The minimum absolute atomic E-state index is 0.0263. The lowest BCUT2D eigenvalue weighted by atomic mass is 9.49. The Kier molecular flexibility index (Phi) is 15.5. The van der Waals surface area contributed by atoms with Gasteiger partial charge in [0.25, 0.3) is 5.91 Å². The van der Waals surface area contributed by atoms with E-state index >= 15 is 0 Å². The summed E-state index contributed by atoms with van der Waals surface area (Å²) in [6, 6.07) is 16.2. The van der Waals surface area contributed by atoms with Crippen LogP contribution < -0.4 is 15.4 Å². The highest BCUT2D eigenvalue weighted by molar-refractivity contribution is 7.13. The van der Waals surface area contributed by atoms with Gasteiger partial charge in [0.05, 0.1) is 52.5 Å². The van der Waals surface area contributed by atoms with E-state index in [-0.39, 0.29) is 73.6 Å². The van der Waals surface area contributed by atoms with Crippen LogP contribution in [0.25, 0.3) is 15.3 Å². The number of carbonyl (C=O) groups excluding carboxylic acids is 4. The molecule has 1 saturated heterocycles. The fraction of sp³-hybridized carbons (Fsp3) is 0.481. The Bertz CT molecular complexity index is 2720. The summed E-state index contributed by atoms with van der Waals surface area (Å²) >= 11 is 7.87. The van der Waals surface area contributed by atoms with Gasteiger partial charge in [-0.3, -0.25) is 19.2 Å². The molecule has 2 fully saturated rings. The van der Waals surface area contributed by atoms with E-state index in [4.69, 9.17) is 32.4 Å². The molecule has 1 aliphatic carbocycles. The number of hydrogen-bond donors (Lipinski definition) is 3.